The molecule has 1 aliphatic carbocycles. The minimum absolute atomic E-state index is 0.0117. The lowest BCUT2D eigenvalue weighted by Crippen LogP contribution is -2.52. The Morgan fingerprint density at radius 1 is 1.06 bits per heavy atom. The van der Waals surface area contributed by atoms with Crippen LogP contribution in [0.4, 0.5) is 4.79 Å². The van der Waals surface area contributed by atoms with Crippen LogP contribution in [0.3, 0.4) is 0 Å². The van der Waals surface area contributed by atoms with Gasteiger partial charge in [0.25, 0.3) is 0 Å². The van der Waals surface area contributed by atoms with E-state index in [1.165, 1.54) is 11.1 Å². The minimum Gasteiger partial charge on any atom is -0.481 e. The maximum absolute atomic E-state index is 12.3. The van der Waals surface area contributed by atoms with E-state index in [0.717, 1.165) is 11.1 Å². The molecule has 31 heavy (non-hydrogen) atoms. The number of carboxylic acid groups (broad SMARTS) is 1. The molecule has 1 fully saturated rings. The number of carboxylic acids is 1. The van der Waals surface area contributed by atoms with E-state index >= 15 is 0 Å². The Hall–Kier alpha value is -3.35. The van der Waals surface area contributed by atoms with Gasteiger partial charge >= 0.3 is 12.1 Å². The molecule has 1 heterocycles. The molecule has 2 aromatic carbocycles. The highest BCUT2D eigenvalue weighted by atomic mass is 16.5. The van der Waals surface area contributed by atoms with E-state index in [1.807, 2.05) is 24.3 Å². The van der Waals surface area contributed by atoms with Crippen molar-refractivity contribution in [3.63, 3.8) is 0 Å². The number of amides is 2. The Bertz CT molecular complexity index is 953. The number of nitrogens with one attached hydrogen (secondary N) is 1. The quantitative estimate of drug-likeness (QED) is 0.714. The summed E-state index contributed by atoms with van der Waals surface area (Å²) in [6.45, 7) is 2.91. The second-order valence-corrected chi connectivity index (χ2v) is 8.34. The van der Waals surface area contributed by atoms with E-state index in [-0.39, 0.29) is 43.2 Å². The zero-order valence-electron chi connectivity index (χ0n) is 17.4. The number of benzene rings is 2. The Labute approximate surface area is 181 Å². The standard InChI is InChI=1S/C24H26N2O5/c1-15(10-22(27)26-12-16(13-26)11-23(28)29)25-24(30)31-14-21-19-8-4-2-6-17(19)18-7-3-5-9-20(18)21/h2-9,15-16,21H,10-14H2,1H3,(H,25,30)(H,28,29)/t15-/m0/s1. The van der Waals surface area contributed by atoms with Gasteiger partial charge in [-0.05, 0) is 29.2 Å². The maximum Gasteiger partial charge on any atom is 0.407 e. The summed E-state index contributed by atoms with van der Waals surface area (Å²) in [4.78, 5) is 36.9. The number of nitrogens with zero attached hydrogens (tertiary/aromatic N) is 1. The summed E-state index contributed by atoms with van der Waals surface area (Å²) < 4.78 is 5.51. The molecule has 0 spiro atoms. The number of carbonyl (C=O) groups excluding carboxylic acids is 2. The fourth-order valence-corrected chi connectivity index (χ4v) is 4.43. The van der Waals surface area contributed by atoms with Crippen molar-refractivity contribution in [2.24, 2.45) is 5.92 Å². The molecule has 4 rings (SSSR count). The highest BCUT2D eigenvalue weighted by Crippen LogP contribution is 2.44. The molecule has 0 bridgehead atoms. The van der Waals surface area contributed by atoms with Crippen LogP contribution in [0, 0.1) is 5.92 Å². The predicted octanol–water partition coefficient (Wildman–Crippen LogP) is 3.24. The normalized spacial score (nSPS) is 16.1. The minimum atomic E-state index is -0.845. The van der Waals surface area contributed by atoms with E-state index in [0.29, 0.717) is 13.1 Å². The Morgan fingerprint density at radius 3 is 2.23 bits per heavy atom. The molecule has 162 valence electrons. The molecular formula is C24H26N2O5. The average molecular weight is 422 g/mol. The summed E-state index contributed by atoms with van der Waals surface area (Å²) in [5, 5.41) is 11.5. The van der Waals surface area contributed by atoms with Crippen LogP contribution >= 0.6 is 0 Å². The number of ether oxygens (including phenoxy) is 1. The topological polar surface area (TPSA) is 95.9 Å². The lowest BCUT2D eigenvalue weighted by molar-refractivity contribution is -0.145. The van der Waals surface area contributed by atoms with Crippen LogP contribution in [0.5, 0.6) is 0 Å². The molecular weight excluding hydrogens is 396 g/mol. The van der Waals surface area contributed by atoms with Gasteiger partial charge in [0.15, 0.2) is 0 Å². The number of hydrogen-bond donors (Lipinski definition) is 2. The predicted molar refractivity (Wildman–Crippen MR) is 115 cm³/mol. The number of likely N-dealkylation sites (tertiary alicyclic amines) is 1. The zero-order valence-corrected chi connectivity index (χ0v) is 17.4. The fourth-order valence-electron chi connectivity index (χ4n) is 4.43. The molecule has 7 nitrogen and oxygen atoms in total. The van der Waals surface area contributed by atoms with Gasteiger partial charge in [-0.1, -0.05) is 48.5 Å². The summed E-state index contributed by atoms with van der Waals surface area (Å²) in [6, 6.07) is 15.9. The van der Waals surface area contributed by atoms with Crippen molar-refractivity contribution in [2.45, 2.75) is 31.7 Å². The van der Waals surface area contributed by atoms with Crippen molar-refractivity contribution in [1.29, 1.82) is 0 Å². The van der Waals surface area contributed by atoms with E-state index in [1.54, 1.807) is 11.8 Å². The zero-order chi connectivity index (χ0) is 22.0. The monoisotopic (exact) mass is 422 g/mol. The van der Waals surface area contributed by atoms with Gasteiger partial charge in [-0.25, -0.2) is 4.79 Å². The molecule has 2 aromatic rings. The van der Waals surface area contributed by atoms with Crippen molar-refractivity contribution >= 4 is 18.0 Å². The summed E-state index contributed by atoms with van der Waals surface area (Å²) in [7, 11) is 0. The third kappa shape index (κ3) is 4.55. The number of hydrogen-bond acceptors (Lipinski definition) is 4. The third-order valence-corrected chi connectivity index (χ3v) is 5.96. The van der Waals surface area contributed by atoms with Crippen LogP contribution in [0.2, 0.25) is 0 Å². The third-order valence-electron chi connectivity index (χ3n) is 5.96. The average Bonchev–Trinajstić information content (AvgIpc) is 3.02. The Kier molecular flexibility index (Phi) is 5.93. The van der Waals surface area contributed by atoms with E-state index < -0.39 is 12.1 Å². The first-order valence-corrected chi connectivity index (χ1v) is 10.5. The molecule has 0 aromatic heterocycles. The molecule has 1 aliphatic heterocycles. The molecule has 2 amide bonds. The van der Waals surface area contributed by atoms with Gasteiger partial charge in [0.2, 0.25) is 5.91 Å². The van der Waals surface area contributed by atoms with Crippen LogP contribution < -0.4 is 5.32 Å². The SMILES string of the molecule is C[C@@H](CC(=O)N1CC(CC(=O)O)C1)NC(=O)OCC1c2ccccc2-c2ccccc21. The number of aliphatic carboxylic acids is 1. The van der Waals surface area contributed by atoms with Crippen molar-refractivity contribution in [2.75, 3.05) is 19.7 Å². The van der Waals surface area contributed by atoms with Crippen LogP contribution in [0.15, 0.2) is 48.5 Å². The second kappa shape index (κ2) is 8.79. The number of alkyl carbamates (subject to hydrolysis) is 1. The van der Waals surface area contributed by atoms with Gasteiger partial charge in [0.1, 0.15) is 6.61 Å². The number of fused-ring (bicyclic) bond motifs is 3. The van der Waals surface area contributed by atoms with Gasteiger partial charge in [-0.15, -0.1) is 0 Å². The van der Waals surface area contributed by atoms with E-state index in [4.69, 9.17) is 9.84 Å². The molecule has 7 heteroatoms. The van der Waals surface area contributed by atoms with E-state index in [2.05, 4.69) is 29.6 Å². The first kappa shape index (κ1) is 20.9. The molecule has 0 unspecified atom stereocenters. The van der Waals surface area contributed by atoms with E-state index in [9.17, 15) is 14.4 Å². The summed E-state index contributed by atoms with van der Waals surface area (Å²) >= 11 is 0. The van der Waals surface area contributed by atoms with Crippen LogP contribution in [0.25, 0.3) is 11.1 Å². The Morgan fingerprint density at radius 2 is 1.65 bits per heavy atom. The number of carbonyl (C=O) groups is 3. The summed E-state index contributed by atoms with van der Waals surface area (Å²) in [5.41, 5.74) is 4.63. The maximum atomic E-state index is 12.3. The smallest absolute Gasteiger partial charge is 0.407 e. The fraction of sp³-hybridized carbons (Fsp3) is 0.375. The van der Waals surface area contributed by atoms with Gasteiger partial charge in [-0.3, -0.25) is 9.59 Å². The highest BCUT2D eigenvalue weighted by molar-refractivity contribution is 5.80. The van der Waals surface area contributed by atoms with Crippen molar-refractivity contribution < 1.29 is 24.2 Å². The van der Waals surface area contributed by atoms with Gasteiger partial charge in [0, 0.05) is 37.4 Å². The van der Waals surface area contributed by atoms with Gasteiger partial charge in [0.05, 0.1) is 6.42 Å². The molecule has 0 saturated carbocycles. The van der Waals surface area contributed by atoms with Crippen LogP contribution in [-0.2, 0) is 14.3 Å². The lowest BCUT2D eigenvalue weighted by Gasteiger charge is -2.39. The van der Waals surface area contributed by atoms with Crippen molar-refractivity contribution in [1.82, 2.24) is 10.2 Å². The molecule has 0 radical (unpaired) electrons. The summed E-state index contributed by atoms with van der Waals surface area (Å²) in [5.74, 6) is -0.926. The first-order valence-electron chi connectivity index (χ1n) is 10.5. The molecule has 1 saturated heterocycles. The Balaban J connectivity index is 1.26. The largest absolute Gasteiger partial charge is 0.481 e. The van der Waals surface area contributed by atoms with Crippen LogP contribution in [-0.4, -0.2) is 53.7 Å². The van der Waals surface area contributed by atoms with Crippen molar-refractivity contribution in [3.05, 3.63) is 59.7 Å². The molecule has 1 atom stereocenters. The molecule has 2 N–H and O–H groups in total. The van der Waals surface area contributed by atoms with Crippen LogP contribution in [0.1, 0.15) is 36.8 Å². The highest BCUT2D eigenvalue weighted by Gasteiger charge is 2.33. The van der Waals surface area contributed by atoms with Crippen molar-refractivity contribution in [3.8, 4) is 11.1 Å². The number of rotatable bonds is 7. The molecule has 2 aliphatic rings. The lowest BCUT2D eigenvalue weighted by atomic mass is 9.95. The first-order chi connectivity index (χ1) is 14.9. The van der Waals surface area contributed by atoms with Gasteiger partial charge < -0.3 is 20.1 Å². The second-order valence-electron chi connectivity index (χ2n) is 8.34. The van der Waals surface area contributed by atoms with Gasteiger partial charge in [-0.2, -0.15) is 0 Å². The summed E-state index contributed by atoms with van der Waals surface area (Å²) in [6.07, 6.45) is -0.309.